The molecule has 21 heavy (non-hydrogen) atoms. The topological polar surface area (TPSA) is 77.2 Å². The third-order valence-corrected chi connectivity index (χ3v) is 3.01. The summed E-state index contributed by atoms with van der Waals surface area (Å²) in [7, 11) is 0. The Hall–Kier alpha value is -2.40. The minimum Gasteiger partial charge on any atom is -0.439 e. The molecule has 0 aliphatic heterocycles. The Balaban J connectivity index is 1.94. The van der Waals surface area contributed by atoms with E-state index < -0.39 is 5.91 Å². The van der Waals surface area contributed by atoms with Gasteiger partial charge in [-0.2, -0.15) is 0 Å². The maximum Gasteiger partial charge on any atom is 0.250 e. The van der Waals surface area contributed by atoms with Crippen molar-refractivity contribution in [1.82, 2.24) is 10.3 Å². The summed E-state index contributed by atoms with van der Waals surface area (Å²) in [6.07, 6.45) is 2.39. The molecule has 1 aromatic carbocycles. The van der Waals surface area contributed by atoms with E-state index in [0.717, 1.165) is 19.5 Å². The fraction of sp³-hybridized carbons (Fsp3) is 0.250. The van der Waals surface area contributed by atoms with Gasteiger partial charge in [-0.25, -0.2) is 4.98 Å². The lowest BCUT2D eigenvalue weighted by Crippen LogP contribution is -2.15. The molecule has 2 aromatic rings. The Labute approximate surface area is 124 Å². The first-order chi connectivity index (χ1) is 10.2. The fourth-order valence-corrected chi connectivity index (χ4v) is 1.84. The van der Waals surface area contributed by atoms with Crippen molar-refractivity contribution in [3.05, 3.63) is 53.7 Å². The molecule has 0 saturated carbocycles. The number of aromatic nitrogens is 1. The van der Waals surface area contributed by atoms with Crippen LogP contribution in [0.15, 0.2) is 42.6 Å². The highest BCUT2D eigenvalue weighted by molar-refractivity contribution is 5.92. The minimum atomic E-state index is -0.501. The Morgan fingerprint density at radius 3 is 2.57 bits per heavy atom. The van der Waals surface area contributed by atoms with Crippen LogP contribution in [0.3, 0.4) is 0 Å². The first-order valence-corrected chi connectivity index (χ1v) is 6.92. The van der Waals surface area contributed by atoms with E-state index in [1.165, 1.54) is 11.8 Å². The van der Waals surface area contributed by atoms with Crippen molar-refractivity contribution in [1.29, 1.82) is 0 Å². The number of nitrogens with zero attached hydrogens (tertiary/aromatic N) is 1. The number of nitrogens with one attached hydrogen (secondary N) is 1. The number of benzene rings is 1. The second-order valence-electron chi connectivity index (χ2n) is 4.60. The van der Waals surface area contributed by atoms with Crippen molar-refractivity contribution in [3.63, 3.8) is 0 Å². The van der Waals surface area contributed by atoms with Gasteiger partial charge in [-0.05, 0) is 43.3 Å². The highest BCUT2D eigenvalue weighted by Gasteiger charge is 2.03. The largest absolute Gasteiger partial charge is 0.439 e. The van der Waals surface area contributed by atoms with Gasteiger partial charge >= 0.3 is 0 Å². The number of pyridine rings is 1. The van der Waals surface area contributed by atoms with Gasteiger partial charge in [-0.3, -0.25) is 4.79 Å². The van der Waals surface area contributed by atoms with Crippen LogP contribution < -0.4 is 15.8 Å². The Bertz CT molecular complexity index is 579. The number of likely N-dealkylation sites (N-methyl/N-ethyl adjacent to an activating group) is 1. The van der Waals surface area contributed by atoms with Crippen molar-refractivity contribution in [3.8, 4) is 11.6 Å². The molecule has 1 heterocycles. The number of hydrogen-bond donors (Lipinski definition) is 2. The molecule has 3 N–H and O–H groups in total. The molecule has 0 bridgehead atoms. The second kappa shape index (κ2) is 7.40. The monoisotopic (exact) mass is 285 g/mol. The molecule has 5 heteroatoms. The molecule has 0 fully saturated rings. The van der Waals surface area contributed by atoms with Crippen LogP contribution in [0, 0.1) is 0 Å². The molecule has 1 amide bonds. The number of carbonyl (C=O) groups is 1. The van der Waals surface area contributed by atoms with E-state index in [1.807, 2.05) is 24.3 Å². The van der Waals surface area contributed by atoms with Crippen molar-refractivity contribution in [2.45, 2.75) is 13.3 Å². The number of carbonyl (C=O) groups excluding carboxylic acids is 1. The first kappa shape index (κ1) is 15.0. The summed E-state index contributed by atoms with van der Waals surface area (Å²) in [6.45, 7) is 4.04. The number of nitrogens with two attached hydrogens (primary N) is 1. The number of hydrogen-bond acceptors (Lipinski definition) is 4. The summed E-state index contributed by atoms with van der Waals surface area (Å²) in [5.74, 6) is 0.640. The molecule has 5 nitrogen and oxygen atoms in total. The predicted molar refractivity (Wildman–Crippen MR) is 81.5 cm³/mol. The molecule has 0 atom stereocenters. The summed E-state index contributed by atoms with van der Waals surface area (Å²) in [6, 6.07) is 11.1. The van der Waals surface area contributed by atoms with E-state index in [0.29, 0.717) is 17.2 Å². The Morgan fingerprint density at radius 1 is 1.24 bits per heavy atom. The standard InChI is InChI=1S/C16H19N3O2/c1-2-18-10-9-12-3-6-14(7-4-12)21-15-8-5-13(11-19-15)16(17)20/h3-8,11,18H,2,9-10H2,1H3,(H2,17,20). The van der Waals surface area contributed by atoms with E-state index in [1.54, 1.807) is 12.1 Å². The number of ether oxygens (including phenoxy) is 1. The zero-order valence-electron chi connectivity index (χ0n) is 12.0. The van der Waals surface area contributed by atoms with Crippen LogP contribution in [0.4, 0.5) is 0 Å². The minimum absolute atomic E-state index is 0.362. The van der Waals surface area contributed by atoms with Crippen molar-refractivity contribution >= 4 is 5.91 Å². The third-order valence-electron chi connectivity index (χ3n) is 3.01. The average Bonchev–Trinajstić information content (AvgIpc) is 2.50. The zero-order valence-corrected chi connectivity index (χ0v) is 12.0. The lowest BCUT2D eigenvalue weighted by atomic mass is 10.1. The Morgan fingerprint density at radius 2 is 2.00 bits per heavy atom. The van der Waals surface area contributed by atoms with Gasteiger partial charge in [0.25, 0.3) is 0 Å². The molecular weight excluding hydrogens is 266 g/mol. The summed E-state index contributed by atoms with van der Waals surface area (Å²) in [5.41, 5.74) is 6.77. The summed E-state index contributed by atoms with van der Waals surface area (Å²) < 4.78 is 5.61. The van der Waals surface area contributed by atoms with Gasteiger partial charge in [-0.1, -0.05) is 19.1 Å². The van der Waals surface area contributed by atoms with Gasteiger partial charge in [-0.15, -0.1) is 0 Å². The Kier molecular flexibility index (Phi) is 5.29. The first-order valence-electron chi connectivity index (χ1n) is 6.92. The van der Waals surface area contributed by atoms with Crippen LogP contribution in [0.2, 0.25) is 0 Å². The quantitative estimate of drug-likeness (QED) is 0.764. The normalized spacial score (nSPS) is 10.3. The van der Waals surface area contributed by atoms with Gasteiger partial charge < -0.3 is 15.8 Å². The number of rotatable bonds is 7. The maximum absolute atomic E-state index is 11.0. The van der Waals surface area contributed by atoms with Crippen LogP contribution in [-0.2, 0) is 6.42 Å². The third kappa shape index (κ3) is 4.57. The zero-order chi connectivity index (χ0) is 15.1. The lowest BCUT2D eigenvalue weighted by molar-refractivity contribution is 0.1000. The van der Waals surface area contributed by atoms with Crippen LogP contribution in [-0.4, -0.2) is 24.0 Å². The molecule has 0 aliphatic rings. The lowest BCUT2D eigenvalue weighted by Gasteiger charge is -2.06. The summed E-state index contributed by atoms with van der Waals surface area (Å²) in [5, 5.41) is 3.29. The highest BCUT2D eigenvalue weighted by Crippen LogP contribution is 2.20. The van der Waals surface area contributed by atoms with Gasteiger partial charge in [0.1, 0.15) is 5.75 Å². The van der Waals surface area contributed by atoms with Crippen molar-refractivity contribution < 1.29 is 9.53 Å². The van der Waals surface area contributed by atoms with Crippen molar-refractivity contribution in [2.75, 3.05) is 13.1 Å². The van der Waals surface area contributed by atoms with Crippen LogP contribution in [0.1, 0.15) is 22.8 Å². The molecule has 0 radical (unpaired) electrons. The van der Waals surface area contributed by atoms with Gasteiger partial charge in [0.15, 0.2) is 0 Å². The van der Waals surface area contributed by atoms with Crippen LogP contribution in [0.5, 0.6) is 11.6 Å². The predicted octanol–water partition coefficient (Wildman–Crippen LogP) is 2.12. The van der Waals surface area contributed by atoms with E-state index in [-0.39, 0.29) is 0 Å². The SMILES string of the molecule is CCNCCc1ccc(Oc2ccc(C(N)=O)cn2)cc1. The number of amides is 1. The molecule has 110 valence electrons. The molecule has 0 saturated heterocycles. The molecule has 0 unspecified atom stereocenters. The number of primary amides is 1. The van der Waals surface area contributed by atoms with Gasteiger partial charge in [0, 0.05) is 12.3 Å². The fourth-order valence-electron chi connectivity index (χ4n) is 1.84. The van der Waals surface area contributed by atoms with Gasteiger partial charge in [0.2, 0.25) is 11.8 Å². The van der Waals surface area contributed by atoms with E-state index in [4.69, 9.17) is 10.5 Å². The maximum atomic E-state index is 11.0. The van der Waals surface area contributed by atoms with E-state index in [2.05, 4.69) is 17.2 Å². The molecule has 0 aliphatic carbocycles. The smallest absolute Gasteiger partial charge is 0.250 e. The molecule has 2 rings (SSSR count). The molecule has 1 aromatic heterocycles. The van der Waals surface area contributed by atoms with Crippen molar-refractivity contribution in [2.24, 2.45) is 5.73 Å². The molecular formula is C16H19N3O2. The van der Waals surface area contributed by atoms with Crippen LogP contribution in [0.25, 0.3) is 0 Å². The highest BCUT2D eigenvalue weighted by atomic mass is 16.5. The second-order valence-corrected chi connectivity index (χ2v) is 4.60. The van der Waals surface area contributed by atoms with E-state index >= 15 is 0 Å². The molecule has 0 spiro atoms. The summed E-state index contributed by atoms with van der Waals surface area (Å²) >= 11 is 0. The average molecular weight is 285 g/mol. The van der Waals surface area contributed by atoms with Gasteiger partial charge in [0.05, 0.1) is 5.56 Å². The van der Waals surface area contributed by atoms with E-state index in [9.17, 15) is 4.79 Å². The summed E-state index contributed by atoms with van der Waals surface area (Å²) in [4.78, 5) is 15.0. The van der Waals surface area contributed by atoms with Crippen LogP contribution >= 0.6 is 0 Å².